The van der Waals surface area contributed by atoms with Crippen molar-refractivity contribution in [3.05, 3.63) is 29.5 Å². The predicted octanol–water partition coefficient (Wildman–Crippen LogP) is 2.09. The molecule has 1 aromatic carbocycles. The number of aryl methyl sites for hydroxylation is 1. The molecule has 0 saturated carbocycles. The van der Waals surface area contributed by atoms with Crippen molar-refractivity contribution in [1.82, 2.24) is 14.8 Å². The number of benzene rings is 1. The number of aliphatic hydroxyl groups is 1. The SMILES string of the molecule is CCC(=O)N1CCC2(CC1)CN[C@H](CO)c1c2c2ccc(OC)cc2n1C. The third-order valence-corrected chi connectivity index (χ3v) is 6.56. The molecule has 1 atom stereocenters. The van der Waals surface area contributed by atoms with Gasteiger partial charge in [-0.15, -0.1) is 0 Å². The summed E-state index contributed by atoms with van der Waals surface area (Å²) in [5, 5.41) is 14.8. The number of rotatable bonds is 3. The quantitative estimate of drug-likeness (QED) is 0.867. The van der Waals surface area contributed by atoms with Gasteiger partial charge in [0.15, 0.2) is 0 Å². The van der Waals surface area contributed by atoms with Crippen molar-refractivity contribution in [2.24, 2.45) is 7.05 Å². The van der Waals surface area contributed by atoms with E-state index in [9.17, 15) is 9.90 Å². The maximum atomic E-state index is 12.1. The normalized spacial score (nSPS) is 21.5. The molecule has 0 aliphatic carbocycles. The topological polar surface area (TPSA) is 66.7 Å². The van der Waals surface area contributed by atoms with Gasteiger partial charge < -0.3 is 24.6 Å². The van der Waals surface area contributed by atoms with Crippen molar-refractivity contribution < 1.29 is 14.6 Å². The first-order valence-electron chi connectivity index (χ1n) is 9.83. The Balaban J connectivity index is 1.83. The summed E-state index contributed by atoms with van der Waals surface area (Å²) in [5.74, 6) is 1.08. The molecular formula is C21H29N3O3. The molecule has 1 spiro atoms. The maximum absolute atomic E-state index is 12.1. The van der Waals surface area contributed by atoms with Gasteiger partial charge in [-0.1, -0.05) is 6.92 Å². The summed E-state index contributed by atoms with van der Waals surface area (Å²) in [6.45, 7) is 4.43. The molecule has 6 heteroatoms. The Kier molecular flexibility index (Phi) is 4.64. The highest BCUT2D eigenvalue weighted by Crippen LogP contribution is 2.47. The van der Waals surface area contributed by atoms with Crippen LogP contribution in [0.5, 0.6) is 5.75 Å². The highest BCUT2D eigenvalue weighted by Gasteiger charge is 2.45. The number of amides is 1. The van der Waals surface area contributed by atoms with E-state index in [-0.39, 0.29) is 24.0 Å². The summed E-state index contributed by atoms with van der Waals surface area (Å²) in [4.78, 5) is 14.1. The number of fused-ring (bicyclic) bond motifs is 4. The zero-order valence-electron chi connectivity index (χ0n) is 16.4. The van der Waals surface area contributed by atoms with Gasteiger partial charge in [0.2, 0.25) is 5.91 Å². The molecule has 2 N–H and O–H groups in total. The van der Waals surface area contributed by atoms with Crippen LogP contribution in [0.15, 0.2) is 18.2 Å². The second-order valence-electron chi connectivity index (χ2n) is 7.83. The van der Waals surface area contributed by atoms with Crippen LogP contribution >= 0.6 is 0 Å². The number of aliphatic hydroxyl groups excluding tert-OH is 1. The van der Waals surface area contributed by atoms with Gasteiger partial charge in [0, 0.05) is 55.7 Å². The Labute approximate surface area is 160 Å². The molecule has 2 aliphatic heterocycles. The van der Waals surface area contributed by atoms with Crippen LogP contribution in [0.1, 0.15) is 43.5 Å². The Bertz CT molecular complexity index is 865. The standard InChI is InChI=1S/C21H29N3O3/c1-4-18(26)24-9-7-21(8-10-24)13-22-16(12-25)20-19(21)15-6-5-14(27-3)11-17(15)23(20)2/h5-6,11,16,22,25H,4,7-10,12-13H2,1-3H3/t16-/m1/s1. The lowest BCUT2D eigenvalue weighted by molar-refractivity contribution is -0.132. The number of nitrogens with one attached hydrogen (secondary N) is 1. The number of carbonyl (C=O) groups excluding carboxylic acids is 1. The third kappa shape index (κ3) is 2.74. The summed E-state index contributed by atoms with van der Waals surface area (Å²) in [6, 6.07) is 6.18. The van der Waals surface area contributed by atoms with Crippen LogP contribution in [0, 0.1) is 0 Å². The van der Waals surface area contributed by atoms with Crippen LogP contribution in [0.25, 0.3) is 10.9 Å². The molecule has 0 radical (unpaired) electrons. The zero-order chi connectivity index (χ0) is 19.2. The molecule has 6 nitrogen and oxygen atoms in total. The van der Waals surface area contributed by atoms with Gasteiger partial charge in [0.1, 0.15) is 5.75 Å². The van der Waals surface area contributed by atoms with Crippen LogP contribution < -0.4 is 10.1 Å². The van der Waals surface area contributed by atoms with Crippen molar-refractivity contribution in [3.63, 3.8) is 0 Å². The monoisotopic (exact) mass is 371 g/mol. The van der Waals surface area contributed by atoms with Gasteiger partial charge in [-0.2, -0.15) is 0 Å². The van der Waals surface area contributed by atoms with Gasteiger partial charge in [0.25, 0.3) is 0 Å². The first-order chi connectivity index (χ1) is 13.0. The van der Waals surface area contributed by atoms with Gasteiger partial charge in [0.05, 0.1) is 25.3 Å². The fourth-order valence-corrected chi connectivity index (χ4v) is 5.02. The second kappa shape index (κ2) is 6.84. The van der Waals surface area contributed by atoms with E-state index in [2.05, 4.69) is 29.1 Å². The number of carbonyl (C=O) groups is 1. The number of methoxy groups -OCH3 is 1. The van der Waals surface area contributed by atoms with Crippen LogP contribution in [0.4, 0.5) is 0 Å². The number of likely N-dealkylation sites (tertiary alicyclic amines) is 1. The highest BCUT2D eigenvalue weighted by atomic mass is 16.5. The van der Waals surface area contributed by atoms with Crippen molar-refractivity contribution in [1.29, 1.82) is 0 Å². The number of aromatic nitrogens is 1. The fraction of sp³-hybridized carbons (Fsp3) is 0.571. The second-order valence-corrected chi connectivity index (χ2v) is 7.83. The Morgan fingerprint density at radius 2 is 2.11 bits per heavy atom. The highest BCUT2D eigenvalue weighted by molar-refractivity contribution is 5.88. The molecule has 3 heterocycles. The van der Waals surface area contributed by atoms with E-state index in [4.69, 9.17) is 4.74 Å². The minimum absolute atomic E-state index is 0.000374. The summed E-state index contributed by atoms with van der Waals surface area (Å²) in [7, 11) is 3.75. The van der Waals surface area contributed by atoms with Crippen molar-refractivity contribution in [2.75, 3.05) is 33.4 Å². The summed E-state index contributed by atoms with van der Waals surface area (Å²) >= 11 is 0. The van der Waals surface area contributed by atoms with Crippen LogP contribution in [-0.2, 0) is 17.3 Å². The number of nitrogens with zero attached hydrogens (tertiary/aromatic N) is 2. The molecule has 2 aromatic rings. The molecule has 27 heavy (non-hydrogen) atoms. The molecule has 1 fully saturated rings. The summed E-state index contributed by atoms with van der Waals surface area (Å²) < 4.78 is 7.63. The van der Waals surface area contributed by atoms with Gasteiger partial charge in [-0.25, -0.2) is 0 Å². The van der Waals surface area contributed by atoms with Crippen LogP contribution in [0.3, 0.4) is 0 Å². The smallest absolute Gasteiger partial charge is 0.222 e. The van der Waals surface area contributed by atoms with Gasteiger partial charge >= 0.3 is 0 Å². The van der Waals surface area contributed by atoms with Crippen molar-refractivity contribution in [3.8, 4) is 5.75 Å². The maximum Gasteiger partial charge on any atom is 0.222 e. The third-order valence-electron chi connectivity index (χ3n) is 6.56. The average Bonchev–Trinajstić information content (AvgIpc) is 3.02. The summed E-state index contributed by atoms with van der Waals surface area (Å²) in [6.07, 6.45) is 2.46. The van der Waals surface area contributed by atoms with E-state index in [1.54, 1.807) is 7.11 Å². The van der Waals surface area contributed by atoms with Crippen molar-refractivity contribution >= 4 is 16.8 Å². The molecule has 2 aliphatic rings. The van der Waals surface area contributed by atoms with E-state index < -0.39 is 0 Å². The zero-order valence-corrected chi connectivity index (χ0v) is 16.4. The largest absolute Gasteiger partial charge is 0.497 e. The van der Waals surface area contributed by atoms with E-state index in [0.717, 1.165) is 43.7 Å². The van der Waals surface area contributed by atoms with Crippen LogP contribution in [-0.4, -0.2) is 53.8 Å². The average molecular weight is 371 g/mol. The minimum Gasteiger partial charge on any atom is -0.497 e. The van der Waals surface area contributed by atoms with Crippen LogP contribution in [0.2, 0.25) is 0 Å². The lowest BCUT2D eigenvalue weighted by Gasteiger charge is -2.46. The Morgan fingerprint density at radius 3 is 2.74 bits per heavy atom. The number of hydrogen-bond donors (Lipinski definition) is 2. The molecule has 0 unspecified atom stereocenters. The molecule has 0 bridgehead atoms. The Morgan fingerprint density at radius 1 is 1.37 bits per heavy atom. The lowest BCUT2D eigenvalue weighted by atomic mass is 9.69. The number of ether oxygens (including phenoxy) is 1. The van der Waals surface area contributed by atoms with Gasteiger partial charge in [-0.05, 0) is 30.5 Å². The predicted molar refractivity (Wildman–Crippen MR) is 105 cm³/mol. The van der Waals surface area contributed by atoms with Crippen molar-refractivity contribution in [2.45, 2.75) is 37.6 Å². The molecule has 4 rings (SSSR count). The minimum atomic E-state index is -0.0654. The van der Waals surface area contributed by atoms with E-state index >= 15 is 0 Å². The molecule has 1 saturated heterocycles. The van der Waals surface area contributed by atoms with E-state index in [0.29, 0.717) is 6.42 Å². The lowest BCUT2D eigenvalue weighted by Crippen LogP contribution is -2.53. The molecule has 1 amide bonds. The van der Waals surface area contributed by atoms with E-state index in [1.165, 1.54) is 16.6 Å². The number of hydrogen-bond acceptors (Lipinski definition) is 4. The van der Waals surface area contributed by atoms with Gasteiger partial charge in [-0.3, -0.25) is 4.79 Å². The first kappa shape index (κ1) is 18.3. The molecule has 146 valence electrons. The number of piperidine rings is 1. The molecule has 1 aromatic heterocycles. The Hall–Kier alpha value is -2.05. The fourth-order valence-electron chi connectivity index (χ4n) is 5.02. The molecular weight excluding hydrogens is 342 g/mol. The summed E-state index contributed by atoms with van der Waals surface area (Å²) in [5.41, 5.74) is 3.65. The first-order valence-corrected chi connectivity index (χ1v) is 9.83. The van der Waals surface area contributed by atoms with E-state index in [1.807, 2.05) is 17.9 Å².